The largest absolute Gasteiger partial charge is 0.505 e. The average Bonchev–Trinajstić information content (AvgIpc) is 3.50. The predicted molar refractivity (Wildman–Crippen MR) is 185 cm³/mol. The van der Waals surface area contributed by atoms with E-state index in [1.165, 1.54) is 57.8 Å². The van der Waals surface area contributed by atoms with E-state index in [2.05, 4.69) is 44.0 Å². The van der Waals surface area contributed by atoms with Crippen molar-refractivity contribution in [3.05, 3.63) is 23.2 Å². The van der Waals surface area contributed by atoms with E-state index < -0.39 is 17.8 Å². The van der Waals surface area contributed by atoms with Gasteiger partial charge in [0.25, 0.3) is 0 Å². The summed E-state index contributed by atoms with van der Waals surface area (Å²) in [6.07, 6.45) is 19.1. The molecular formula is C39H64N2O6. The van der Waals surface area contributed by atoms with Gasteiger partial charge < -0.3 is 29.9 Å². The molecule has 3 saturated carbocycles. The van der Waals surface area contributed by atoms with Gasteiger partial charge in [0.15, 0.2) is 11.9 Å². The molecule has 8 atom stereocenters. The highest BCUT2D eigenvalue weighted by Crippen LogP contribution is 2.66. The second kappa shape index (κ2) is 15.7. The summed E-state index contributed by atoms with van der Waals surface area (Å²) in [5, 5.41) is 22.4. The number of hydrogen-bond acceptors (Lipinski definition) is 8. The first-order valence-electron chi connectivity index (χ1n) is 19.0. The minimum absolute atomic E-state index is 0.0128. The third-order valence-electron chi connectivity index (χ3n) is 13.3. The molecule has 0 saturated heterocycles. The number of rotatable bonds is 16. The molecule has 1 heterocycles. The van der Waals surface area contributed by atoms with Crippen molar-refractivity contribution < 1.29 is 29.3 Å². The summed E-state index contributed by atoms with van der Waals surface area (Å²) in [6.45, 7) is 12.8. The topological polar surface area (TPSA) is 108 Å². The Hall–Kier alpha value is -2.06. The molecule has 0 aromatic rings. The number of aliphatic hydroxyl groups is 2. The molecule has 3 N–H and O–H groups in total. The maximum atomic E-state index is 12.9. The van der Waals surface area contributed by atoms with Crippen LogP contribution >= 0.6 is 0 Å². The van der Waals surface area contributed by atoms with E-state index in [1.807, 2.05) is 7.05 Å². The molecular weight excluding hydrogens is 592 g/mol. The molecule has 8 heteroatoms. The summed E-state index contributed by atoms with van der Waals surface area (Å²) in [6, 6.07) is 0. The molecule has 5 rings (SSSR count). The van der Waals surface area contributed by atoms with Crippen molar-refractivity contribution in [2.75, 3.05) is 33.2 Å². The lowest BCUT2D eigenvalue weighted by atomic mass is 9.47. The van der Waals surface area contributed by atoms with E-state index in [1.54, 1.807) is 5.57 Å². The molecule has 4 aliphatic carbocycles. The van der Waals surface area contributed by atoms with E-state index in [0.29, 0.717) is 31.3 Å². The Bertz CT molecular complexity index is 1170. The molecule has 0 radical (unpaired) electrons. The number of hydrogen-bond donors (Lipinski definition) is 3. The first-order valence-corrected chi connectivity index (χ1v) is 19.0. The fourth-order valence-corrected chi connectivity index (χ4v) is 10.4. The number of nitrogens with zero attached hydrogens (tertiary/aromatic N) is 1. The van der Waals surface area contributed by atoms with Crippen LogP contribution < -0.4 is 5.32 Å². The smallest absolute Gasteiger partial charge is 0.377 e. The van der Waals surface area contributed by atoms with Gasteiger partial charge in [0.1, 0.15) is 6.10 Å². The number of carbonyl (C=O) groups is 2. The van der Waals surface area contributed by atoms with Crippen molar-refractivity contribution >= 4 is 11.9 Å². The van der Waals surface area contributed by atoms with Gasteiger partial charge in [0, 0.05) is 19.4 Å². The zero-order valence-electron chi connectivity index (χ0n) is 30.0. The van der Waals surface area contributed by atoms with Gasteiger partial charge in [-0.05, 0) is 125 Å². The van der Waals surface area contributed by atoms with Crippen molar-refractivity contribution in [3.63, 3.8) is 0 Å². The fraction of sp³-hybridized carbons (Fsp3) is 0.846. The van der Waals surface area contributed by atoms with Crippen LogP contribution in [-0.2, 0) is 19.1 Å². The average molecular weight is 657 g/mol. The highest BCUT2D eigenvalue weighted by atomic mass is 16.6. The summed E-state index contributed by atoms with van der Waals surface area (Å²) in [5.41, 5.74) is 2.39. The lowest BCUT2D eigenvalue weighted by Crippen LogP contribution is -2.50. The van der Waals surface area contributed by atoms with Crippen molar-refractivity contribution in [2.24, 2.45) is 40.4 Å². The van der Waals surface area contributed by atoms with Gasteiger partial charge in [-0.1, -0.05) is 58.6 Å². The lowest BCUT2D eigenvalue weighted by molar-refractivity contribution is -0.151. The maximum Gasteiger partial charge on any atom is 0.377 e. The molecule has 0 spiro atoms. The SMILES string of the molecule is CC(C)CCCCC1CCC2C3CC=C4CC(OC(=O)CCN(C)CCCNCCC5OC(=O)C(O)=C5O)CCC4(C)C3CCC12C. The second-order valence-corrected chi connectivity index (χ2v) is 16.7. The molecule has 5 aliphatic rings. The zero-order chi connectivity index (χ0) is 33.8. The molecule has 1 aliphatic heterocycles. The summed E-state index contributed by atoms with van der Waals surface area (Å²) in [5.74, 6) is 2.23. The highest BCUT2D eigenvalue weighted by Gasteiger charge is 2.58. The van der Waals surface area contributed by atoms with Crippen LogP contribution in [0.2, 0.25) is 0 Å². The Morgan fingerprint density at radius 3 is 2.60 bits per heavy atom. The van der Waals surface area contributed by atoms with E-state index in [0.717, 1.165) is 68.4 Å². The Balaban J connectivity index is 0.999. The zero-order valence-corrected chi connectivity index (χ0v) is 30.0. The molecule has 8 nitrogen and oxygen atoms in total. The predicted octanol–water partition coefficient (Wildman–Crippen LogP) is 7.64. The monoisotopic (exact) mass is 656 g/mol. The number of esters is 2. The van der Waals surface area contributed by atoms with Gasteiger partial charge >= 0.3 is 11.9 Å². The van der Waals surface area contributed by atoms with Gasteiger partial charge in [-0.2, -0.15) is 0 Å². The van der Waals surface area contributed by atoms with Crippen molar-refractivity contribution in [3.8, 4) is 0 Å². The minimum Gasteiger partial charge on any atom is -0.505 e. The quantitative estimate of drug-likeness (QED) is 0.0884. The number of ether oxygens (including phenoxy) is 2. The number of unbranched alkanes of at least 4 members (excludes halogenated alkanes) is 1. The molecule has 266 valence electrons. The van der Waals surface area contributed by atoms with Crippen LogP contribution in [0.4, 0.5) is 0 Å². The van der Waals surface area contributed by atoms with Crippen LogP contribution in [0.5, 0.6) is 0 Å². The van der Waals surface area contributed by atoms with Gasteiger partial charge in [-0.3, -0.25) is 4.79 Å². The summed E-state index contributed by atoms with van der Waals surface area (Å²) < 4.78 is 11.0. The number of aliphatic hydroxyl groups excluding tert-OH is 2. The van der Waals surface area contributed by atoms with Crippen LogP contribution in [0.1, 0.15) is 124 Å². The van der Waals surface area contributed by atoms with Crippen LogP contribution in [0.3, 0.4) is 0 Å². The summed E-state index contributed by atoms with van der Waals surface area (Å²) in [7, 11) is 2.03. The molecule has 0 bridgehead atoms. The van der Waals surface area contributed by atoms with Gasteiger partial charge in [0.05, 0.1) is 6.42 Å². The number of carbonyl (C=O) groups excluding carboxylic acids is 2. The Kier molecular flexibility index (Phi) is 12.1. The third-order valence-corrected chi connectivity index (χ3v) is 13.3. The van der Waals surface area contributed by atoms with Crippen LogP contribution in [0.15, 0.2) is 23.2 Å². The molecule has 0 aromatic heterocycles. The third kappa shape index (κ3) is 8.22. The van der Waals surface area contributed by atoms with E-state index in [9.17, 15) is 19.8 Å². The van der Waals surface area contributed by atoms with E-state index in [-0.39, 0.29) is 23.2 Å². The van der Waals surface area contributed by atoms with Crippen LogP contribution in [-0.4, -0.2) is 72.5 Å². The Morgan fingerprint density at radius 2 is 1.85 bits per heavy atom. The number of nitrogens with one attached hydrogen (secondary N) is 1. The first kappa shape index (κ1) is 36.2. The summed E-state index contributed by atoms with van der Waals surface area (Å²) >= 11 is 0. The van der Waals surface area contributed by atoms with Gasteiger partial charge in [-0.25, -0.2) is 4.79 Å². The Labute approximate surface area is 284 Å². The lowest BCUT2D eigenvalue weighted by Gasteiger charge is -2.58. The van der Waals surface area contributed by atoms with Gasteiger partial charge in [-0.15, -0.1) is 0 Å². The van der Waals surface area contributed by atoms with Crippen molar-refractivity contribution in [1.82, 2.24) is 10.2 Å². The van der Waals surface area contributed by atoms with Gasteiger partial charge in [0.2, 0.25) is 5.76 Å². The van der Waals surface area contributed by atoms with E-state index in [4.69, 9.17) is 9.47 Å². The molecule has 0 aromatic carbocycles. The first-order chi connectivity index (χ1) is 22.4. The standard InChI is InChI=1S/C39H64N2O6/c1-26(2)9-6-7-10-27-12-14-31-30-13-11-28-25-29(15-19-39(28,4)32(30)16-20-38(27,31)3)46-34(42)18-24-41(5)23-8-21-40-22-17-33-35(43)36(44)37(45)47-33/h11,26-27,29-33,40,43-44H,6-10,12-25H2,1-5H3. The highest BCUT2D eigenvalue weighted by molar-refractivity contribution is 5.88. The second-order valence-electron chi connectivity index (χ2n) is 16.7. The van der Waals surface area contributed by atoms with Crippen LogP contribution in [0, 0.1) is 40.4 Å². The number of allylic oxidation sites excluding steroid dienone is 1. The van der Waals surface area contributed by atoms with E-state index >= 15 is 0 Å². The molecule has 8 unspecified atom stereocenters. The van der Waals surface area contributed by atoms with Crippen molar-refractivity contribution in [1.29, 1.82) is 0 Å². The molecule has 3 fully saturated rings. The number of cyclic esters (lactones) is 1. The fourth-order valence-electron chi connectivity index (χ4n) is 10.4. The summed E-state index contributed by atoms with van der Waals surface area (Å²) in [4.78, 5) is 26.3. The maximum absolute atomic E-state index is 12.9. The van der Waals surface area contributed by atoms with Crippen LogP contribution in [0.25, 0.3) is 0 Å². The minimum atomic E-state index is -0.870. The molecule has 0 amide bonds. The van der Waals surface area contributed by atoms with Crippen molar-refractivity contribution in [2.45, 2.75) is 136 Å². The number of fused-ring (bicyclic) bond motifs is 5. The molecule has 47 heavy (non-hydrogen) atoms. The Morgan fingerprint density at radius 1 is 1.04 bits per heavy atom. The normalized spacial score (nSPS) is 35.0.